The summed E-state index contributed by atoms with van der Waals surface area (Å²) in [6.07, 6.45) is 4.74. The van der Waals surface area contributed by atoms with Crippen LogP contribution in [0.4, 0.5) is 5.69 Å². The van der Waals surface area contributed by atoms with Crippen molar-refractivity contribution in [3.63, 3.8) is 0 Å². The number of rotatable bonds is 3. The van der Waals surface area contributed by atoms with Crippen LogP contribution in [0.3, 0.4) is 0 Å². The second-order valence-electron chi connectivity index (χ2n) is 5.80. The molecular weight excluding hydrogens is 330 g/mol. The number of halogens is 1. The molecule has 112 valence electrons. The fraction of sp³-hybridized carbons (Fsp3) is 0.438. The largest absolute Gasteiger partial charge is 0.393 e. The van der Waals surface area contributed by atoms with E-state index in [1.807, 2.05) is 36.0 Å². The molecule has 0 radical (unpaired) electrons. The fourth-order valence-corrected chi connectivity index (χ4v) is 3.81. The smallest absolute Gasteiger partial charge is 0.290 e. The Morgan fingerprint density at radius 3 is 2.71 bits per heavy atom. The molecule has 2 N–H and O–H groups in total. The molecule has 3 rings (SSSR count). The molecule has 1 fully saturated rings. The minimum Gasteiger partial charge on any atom is -0.393 e. The van der Waals surface area contributed by atoms with Gasteiger partial charge in [-0.3, -0.25) is 9.48 Å². The number of nitrogens with two attached hydrogens (primary N) is 1. The highest BCUT2D eigenvalue weighted by Crippen LogP contribution is 2.35. The lowest BCUT2D eigenvalue weighted by atomic mass is 10.0. The predicted molar refractivity (Wildman–Crippen MR) is 88.5 cm³/mol. The molecular formula is C16H20BrN3O. The summed E-state index contributed by atoms with van der Waals surface area (Å²) in [7, 11) is 1.95. The molecule has 1 aromatic carbocycles. The lowest BCUT2D eigenvalue weighted by Crippen LogP contribution is -2.23. The van der Waals surface area contributed by atoms with Crippen LogP contribution < -0.4 is 11.3 Å². The minimum atomic E-state index is -0.0700. The van der Waals surface area contributed by atoms with Gasteiger partial charge < -0.3 is 5.73 Å². The van der Waals surface area contributed by atoms with Crippen LogP contribution in [-0.4, -0.2) is 9.36 Å². The van der Waals surface area contributed by atoms with Crippen molar-refractivity contribution in [2.24, 2.45) is 7.05 Å². The SMILES string of the molecule is Cn1c(C2CCCC2)c(N)c(=O)n1Cc1cccc(Br)c1. The zero-order chi connectivity index (χ0) is 15.0. The Balaban J connectivity index is 1.99. The molecule has 0 aliphatic heterocycles. The van der Waals surface area contributed by atoms with E-state index in [0.717, 1.165) is 28.6 Å². The van der Waals surface area contributed by atoms with Gasteiger partial charge >= 0.3 is 0 Å². The van der Waals surface area contributed by atoms with E-state index in [4.69, 9.17) is 5.73 Å². The van der Waals surface area contributed by atoms with Gasteiger partial charge in [0.15, 0.2) is 0 Å². The third-order valence-corrected chi connectivity index (χ3v) is 4.91. The molecule has 0 unspecified atom stereocenters. The monoisotopic (exact) mass is 349 g/mol. The Morgan fingerprint density at radius 2 is 2.05 bits per heavy atom. The van der Waals surface area contributed by atoms with Gasteiger partial charge in [0.2, 0.25) is 0 Å². The van der Waals surface area contributed by atoms with Crippen LogP contribution in [0.2, 0.25) is 0 Å². The van der Waals surface area contributed by atoms with Gasteiger partial charge in [0, 0.05) is 17.4 Å². The zero-order valence-corrected chi connectivity index (χ0v) is 13.8. The van der Waals surface area contributed by atoms with E-state index in [1.165, 1.54) is 12.8 Å². The van der Waals surface area contributed by atoms with E-state index >= 15 is 0 Å². The highest BCUT2D eigenvalue weighted by Gasteiger charge is 2.26. The van der Waals surface area contributed by atoms with Crippen LogP contribution >= 0.6 is 15.9 Å². The van der Waals surface area contributed by atoms with Crippen LogP contribution in [0.5, 0.6) is 0 Å². The molecule has 0 spiro atoms. The number of anilines is 1. The van der Waals surface area contributed by atoms with Gasteiger partial charge in [-0.25, -0.2) is 4.68 Å². The van der Waals surface area contributed by atoms with Gasteiger partial charge in [-0.1, -0.05) is 40.9 Å². The number of nitrogen functional groups attached to an aromatic ring is 1. The average Bonchev–Trinajstić information content (AvgIpc) is 3.03. The quantitative estimate of drug-likeness (QED) is 0.924. The summed E-state index contributed by atoms with van der Waals surface area (Å²) in [5.41, 5.74) is 8.57. The second kappa shape index (κ2) is 5.72. The summed E-state index contributed by atoms with van der Waals surface area (Å²) < 4.78 is 4.73. The first-order chi connectivity index (χ1) is 10.1. The maximum atomic E-state index is 12.5. The van der Waals surface area contributed by atoms with Crippen molar-refractivity contribution in [2.75, 3.05) is 5.73 Å². The second-order valence-corrected chi connectivity index (χ2v) is 6.71. The van der Waals surface area contributed by atoms with Gasteiger partial charge in [-0.15, -0.1) is 0 Å². The van der Waals surface area contributed by atoms with Crippen molar-refractivity contribution in [2.45, 2.75) is 38.1 Å². The van der Waals surface area contributed by atoms with Gasteiger partial charge in [-0.05, 0) is 30.5 Å². The third-order valence-electron chi connectivity index (χ3n) is 4.41. The molecule has 2 aromatic rings. The van der Waals surface area contributed by atoms with Crippen LogP contribution in [0.25, 0.3) is 0 Å². The van der Waals surface area contributed by atoms with E-state index in [2.05, 4.69) is 15.9 Å². The molecule has 0 amide bonds. The molecule has 21 heavy (non-hydrogen) atoms. The van der Waals surface area contributed by atoms with Gasteiger partial charge in [0.1, 0.15) is 5.69 Å². The molecule has 1 saturated carbocycles. The Hall–Kier alpha value is -1.49. The van der Waals surface area contributed by atoms with Crippen molar-refractivity contribution in [1.82, 2.24) is 9.36 Å². The van der Waals surface area contributed by atoms with Crippen LogP contribution in [0.15, 0.2) is 33.5 Å². The summed E-state index contributed by atoms with van der Waals surface area (Å²) in [4.78, 5) is 12.5. The molecule has 1 aromatic heterocycles. The lowest BCUT2D eigenvalue weighted by Gasteiger charge is -2.14. The summed E-state index contributed by atoms with van der Waals surface area (Å²) in [6, 6.07) is 8.02. The molecule has 0 atom stereocenters. The predicted octanol–water partition coefficient (Wildman–Crippen LogP) is 3.24. The number of hydrogen-bond donors (Lipinski definition) is 1. The summed E-state index contributed by atoms with van der Waals surface area (Å²) >= 11 is 3.47. The van der Waals surface area contributed by atoms with Crippen molar-refractivity contribution < 1.29 is 0 Å². The minimum absolute atomic E-state index is 0.0700. The summed E-state index contributed by atoms with van der Waals surface area (Å²) in [6.45, 7) is 0.547. The number of nitrogens with zero attached hydrogens (tertiary/aromatic N) is 2. The third kappa shape index (κ3) is 2.67. The van der Waals surface area contributed by atoms with E-state index in [0.29, 0.717) is 18.2 Å². The standard InChI is InChI=1S/C16H20BrN3O/c1-19-15(12-6-2-3-7-12)14(18)16(21)20(19)10-11-5-4-8-13(17)9-11/h4-5,8-9,12H,2-3,6-7,10,18H2,1H3. The fourth-order valence-electron chi connectivity index (χ4n) is 3.36. The van der Waals surface area contributed by atoms with Crippen molar-refractivity contribution in [3.8, 4) is 0 Å². The molecule has 0 bridgehead atoms. The lowest BCUT2D eigenvalue weighted by molar-refractivity contribution is 0.497. The van der Waals surface area contributed by atoms with Gasteiger partial charge in [0.05, 0.1) is 12.2 Å². The number of benzene rings is 1. The average molecular weight is 350 g/mol. The maximum Gasteiger partial charge on any atom is 0.290 e. The molecule has 0 saturated heterocycles. The molecule has 5 heteroatoms. The molecule has 4 nitrogen and oxygen atoms in total. The number of hydrogen-bond acceptors (Lipinski definition) is 2. The van der Waals surface area contributed by atoms with Crippen LogP contribution in [-0.2, 0) is 13.6 Å². The van der Waals surface area contributed by atoms with Crippen molar-refractivity contribution in [3.05, 3.63) is 50.3 Å². The van der Waals surface area contributed by atoms with E-state index in [9.17, 15) is 4.79 Å². The first kappa shape index (κ1) is 14.4. The molecule has 1 aliphatic rings. The van der Waals surface area contributed by atoms with Crippen molar-refractivity contribution >= 4 is 21.6 Å². The summed E-state index contributed by atoms with van der Waals surface area (Å²) in [5.74, 6) is 0.437. The summed E-state index contributed by atoms with van der Waals surface area (Å²) in [5, 5.41) is 0. The maximum absolute atomic E-state index is 12.5. The topological polar surface area (TPSA) is 52.9 Å². The Bertz CT molecular complexity index is 711. The first-order valence-corrected chi connectivity index (χ1v) is 8.17. The highest BCUT2D eigenvalue weighted by molar-refractivity contribution is 9.10. The Morgan fingerprint density at radius 1 is 1.33 bits per heavy atom. The van der Waals surface area contributed by atoms with E-state index < -0.39 is 0 Å². The normalized spacial score (nSPS) is 15.7. The van der Waals surface area contributed by atoms with Gasteiger partial charge in [0.25, 0.3) is 5.56 Å². The number of aromatic nitrogens is 2. The Kier molecular flexibility index (Phi) is 3.93. The van der Waals surface area contributed by atoms with E-state index in [1.54, 1.807) is 4.68 Å². The Labute approximate surface area is 132 Å². The molecule has 1 aliphatic carbocycles. The first-order valence-electron chi connectivity index (χ1n) is 7.37. The van der Waals surface area contributed by atoms with Crippen molar-refractivity contribution in [1.29, 1.82) is 0 Å². The molecule has 1 heterocycles. The zero-order valence-electron chi connectivity index (χ0n) is 12.2. The highest BCUT2D eigenvalue weighted by atomic mass is 79.9. The van der Waals surface area contributed by atoms with Crippen LogP contribution in [0, 0.1) is 0 Å². The van der Waals surface area contributed by atoms with Crippen LogP contribution in [0.1, 0.15) is 42.9 Å². The van der Waals surface area contributed by atoms with E-state index in [-0.39, 0.29) is 5.56 Å². The van der Waals surface area contributed by atoms with Gasteiger partial charge in [-0.2, -0.15) is 0 Å².